The number of aromatic carboxylic acids is 1. The van der Waals surface area contributed by atoms with Gasteiger partial charge in [-0.25, -0.2) is 14.0 Å². The van der Waals surface area contributed by atoms with Gasteiger partial charge in [-0.15, -0.1) is 0 Å². The Morgan fingerprint density at radius 2 is 2.19 bits per heavy atom. The number of hydrogen-bond acceptors (Lipinski definition) is 3. The number of rotatable bonds is 3. The molecule has 2 amide bonds. The van der Waals surface area contributed by atoms with Gasteiger partial charge in [0.1, 0.15) is 5.82 Å². The summed E-state index contributed by atoms with van der Waals surface area (Å²) in [6.45, 7) is 2.89. The minimum absolute atomic E-state index is 0.0982. The van der Waals surface area contributed by atoms with Crippen LogP contribution >= 0.6 is 0 Å². The number of carboxylic acid groups (broad SMARTS) is 1. The molecule has 0 radical (unpaired) electrons. The Bertz CT molecular complexity index is 556. The lowest BCUT2D eigenvalue weighted by atomic mass is 9.95. The highest BCUT2D eigenvalue weighted by molar-refractivity contribution is 5.93. The van der Waals surface area contributed by atoms with Crippen molar-refractivity contribution in [1.82, 2.24) is 5.32 Å². The quantitative estimate of drug-likeness (QED) is 0.798. The van der Waals surface area contributed by atoms with Gasteiger partial charge in [-0.2, -0.15) is 0 Å². The first kappa shape index (κ1) is 15.2. The summed E-state index contributed by atoms with van der Waals surface area (Å²) in [5.74, 6) is -1.88. The third-order valence-corrected chi connectivity index (χ3v) is 3.31. The standard InChI is InChI=1S/C14H17FN2O4/c1-14(5-2-6-21-8-14)17-13(20)16-11-7-9(12(18)19)3-4-10(11)15/h3-4,7H,2,5-6,8H2,1H3,(H,18,19)(H2,16,17,20). The highest BCUT2D eigenvalue weighted by Gasteiger charge is 2.29. The number of urea groups is 1. The van der Waals surface area contributed by atoms with Crippen molar-refractivity contribution in [2.24, 2.45) is 0 Å². The van der Waals surface area contributed by atoms with E-state index in [1.807, 2.05) is 6.92 Å². The van der Waals surface area contributed by atoms with Crippen LogP contribution in [0.4, 0.5) is 14.9 Å². The molecule has 1 fully saturated rings. The summed E-state index contributed by atoms with van der Waals surface area (Å²) < 4.78 is 18.9. The second-order valence-electron chi connectivity index (χ2n) is 5.30. The Morgan fingerprint density at radius 1 is 1.43 bits per heavy atom. The predicted molar refractivity (Wildman–Crippen MR) is 74.0 cm³/mol. The van der Waals surface area contributed by atoms with Gasteiger partial charge in [0.25, 0.3) is 0 Å². The maximum absolute atomic E-state index is 13.6. The van der Waals surface area contributed by atoms with Crippen molar-refractivity contribution in [3.05, 3.63) is 29.6 Å². The van der Waals surface area contributed by atoms with Crippen molar-refractivity contribution in [3.63, 3.8) is 0 Å². The van der Waals surface area contributed by atoms with Crippen LogP contribution in [0.25, 0.3) is 0 Å². The van der Waals surface area contributed by atoms with E-state index in [0.717, 1.165) is 31.0 Å². The first-order chi connectivity index (χ1) is 9.89. The van der Waals surface area contributed by atoms with Gasteiger partial charge in [0, 0.05) is 6.61 Å². The number of nitrogens with one attached hydrogen (secondary N) is 2. The van der Waals surface area contributed by atoms with Gasteiger partial charge in [-0.1, -0.05) is 0 Å². The zero-order chi connectivity index (χ0) is 15.5. The van der Waals surface area contributed by atoms with Crippen LogP contribution < -0.4 is 10.6 Å². The summed E-state index contributed by atoms with van der Waals surface area (Å²) in [6.07, 6.45) is 1.59. The van der Waals surface area contributed by atoms with E-state index in [1.165, 1.54) is 0 Å². The number of halogens is 1. The van der Waals surface area contributed by atoms with Crippen LogP contribution in [-0.4, -0.2) is 35.9 Å². The zero-order valence-electron chi connectivity index (χ0n) is 11.6. The topological polar surface area (TPSA) is 87.7 Å². The van der Waals surface area contributed by atoms with Crippen molar-refractivity contribution < 1.29 is 23.8 Å². The number of carbonyl (C=O) groups is 2. The summed E-state index contributed by atoms with van der Waals surface area (Å²) in [5, 5.41) is 13.9. The molecule has 0 spiro atoms. The molecular formula is C14H17FN2O4. The van der Waals surface area contributed by atoms with Crippen LogP contribution in [0, 0.1) is 5.82 Å². The minimum Gasteiger partial charge on any atom is -0.478 e. The molecule has 0 saturated carbocycles. The van der Waals surface area contributed by atoms with E-state index >= 15 is 0 Å². The van der Waals surface area contributed by atoms with Crippen LogP contribution in [-0.2, 0) is 4.74 Å². The zero-order valence-corrected chi connectivity index (χ0v) is 11.6. The van der Waals surface area contributed by atoms with Gasteiger partial charge in [0.15, 0.2) is 0 Å². The van der Waals surface area contributed by atoms with E-state index in [1.54, 1.807) is 0 Å². The number of hydrogen-bond donors (Lipinski definition) is 3. The number of anilines is 1. The second kappa shape index (κ2) is 6.09. The van der Waals surface area contributed by atoms with Gasteiger partial charge in [0.05, 0.1) is 23.4 Å². The monoisotopic (exact) mass is 296 g/mol. The molecule has 7 heteroatoms. The lowest BCUT2D eigenvalue weighted by molar-refractivity contribution is 0.0342. The van der Waals surface area contributed by atoms with Gasteiger partial charge in [-0.3, -0.25) is 0 Å². The van der Waals surface area contributed by atoms with Crippen LogP contribution in [0.3, 0.4) is 0 Å². The third kappa shape index (κ3) is 3.91. The van der Waals surface area contributed by atoms with Gasteiger partial charge in [-0.05, 0) is 38.0 Å². The lowest BCUT2D eigenvalue weighted by Gasteiger charge is -2.34. The Kier molecular flexibility index (Phi) is 4.42. The van der Waals surface area contributed by atoms with Crippen molar-refractivity contribution >= 4 is 17.7 Å². The first-order valence-electron chi connectivity index (χ1n) is 6.59. The molecule has 114 valence electrons. The second-order valence-corrected chi connectivity index (χ2v) is 5.30. The molecule has 0 bridgehead atoms. The molecule has 1 aromatic carbocycles. The van der Waals surface area contributed by atoms with E-state index in [-0.39, 0.29) is 11.3 Å². The predicted octanol–water partition coefficient (Wildman–Crippen LogP) is 2.21. The molecule has 1 unspecified atom stereocenters. The van der Waals surface area contributed by atoms with Gasteiger partial charge in [0.2, 0.25) is 0 Å². The summed E-state index contributed by atoms with van der Waals surface area (Å²) in [7, 11) is 0. The summed E-state index contributed by atoms with van der Waals surface area (Å²) >= 11 is 0. The van der Waals surface area contributed by atoms with Crippen molar-refractivity contribution in [1.29, 1.82) is 0 Å². The van der Waals surface area contributed by atoms with Crippen LogP contribution in [0.2, 0.25) is 0 Å². The number of carbonyl (C=O) groups excluding carboxylic acids is 1. The molecule has 1 aromatic rings. The minimum atomic E-state index is -1.19. The Hall–Kier alpha value is -2.15. The molecular weight excluding hydrogens is 279 g/mol. The average molecular weight is 296 g/mol. The summed E-state index contributed by atoms with van der Waals surface area (Å²) in [4.78, 5) is 22.8. The van der Waals surface area contributed by atoms with Crippen molar-refractivity contribution in [2.75, 3.05) is 18.5 Å². The smallest absolute Gasteiger partial charge is 0.335 e. The summed E-state index contributed by atoms with van der Waals surface area (Å²) in [6, 6.07) is 2.63. The molecule has 0 aliphatic carbocycles. The maximum atomic E-state index is 13.6. The number of benzene rings is 1. The largest absolute Gasteiger partial charge is 0.478 e. The fourth-order valence-corrected chi connectivity index (χ4v) is 2.21. The van der Waals surface area contributed by atoms with Crippen LogP contribution in [0.1, 0.15) is 30.1 Å². The average Bonchev–Trinajstić information content (AvgIpc) is 2.41. The van der Waals surface area contributed by atoms with E-state index < -0.39 is 23.4 Å². The third-order valence-electron chi connectivity index (χ3n) is 3.31. The van der Waals surface area contributed by atoms with Crippen LogP contribution in [0.5, 0.6) is 0 Å². The number of ether oxygens (including phenoxy) is 1. The molecule has 6 nitrogen and oxygen atoms in total. The van der Waals surface area contributed by atoms with Crippen LogP contribution in [0.15, 0.2) is 18.2 Å². The Morgan fingerprint density at radius 3 is 2.81 bits per heavy atom. The van der Waals surface area contributed by atoms with E-state index in [4.69, 9.17) is 9.84 Å². The van der Waals surface area contributed by atoms with E-state index in [9.17, 15) is 14.0 Å². The molecule has 21 heavy (non-hydrogen) atoms. The Labute approximate surface area is 121 Å². The molecule has 1 aliphatic heterocycles. The van der Waals surface area contributed by atoms with E-state index in [0.29, 0.717) is 13.2 Å². The molecule has 2 rings (SSSR count). The van der Waals surface area contributed by atoms with Gasteiger partial charge >= 0.3 is 12.0 Å². The molecule has 1 heterocycles. The fourth-order valence-electron chi connectivity index (χ4n) is 2.21. The van der Waals surface area contributed by atoms with Crippen molar-refractivity contribution in [2.45, 2.75) is 25.3 Å². The number of amides is 2. The number of carboxylic acids is 1. The molecule has 1 atom stereocenters. The molecule has 1 saturated heterocycles. The normalized spacial score (nSPS) is 21.6. The van der Waals surface area contributed by atoms with Gasteiger partial charge < -0.3 is 20.5 Å². The maximum Gasteiger partial charge on any atom is 0.335 e. The molecule has 3 N–H and O–H groups in total. The fraction of sp³-hybridized carbons (Fsp3) is 0.429. The first-order valence-corrected chi connectivity index (χ1v) is 6.59. The SMILES string of the molecule is CC1(NC(=O)Nc2cc(C(=O)O)ccc2F)CCCOC1. The molecule has 1 aliphatic rings. The highest BCUT2D eigenvalue weighted by Crippen LogP contribution is 2.20. The van der Waals surface area contributed by atoms with E-state index in [2.05, 4.69) is 10.6 Å². The summed E-state index contributed by atoms with van der Waals surface area (Å²) in [5.41, 5.74) is -0.782. The Balaban J connectivity index is 2.05. The van der Waals surface area contributed by atoms with Crippen molar-refractivity contribution in [3.8, 4) is 0 Å². The highest BCUT2D eigenvalue weighted by atomic mass is 19.1. The lowest BCUT2D eigenvalue weighted by Crippen LogP contribution is -2.52. The molecule has 0 aromatic heterocycles.